The number of carbonyl (C=O) groups excluding carboxylic acids is 2. The normalized spacial score (nSPS) is 10.1. The molecule has 0 N–H and O–H groups in total. The molecule has 0 saturated carbocycles. The Balaban J connectivity index is 3.15. The second kappa shape index (κ2) is 7.98. The van der Waals surface area contributed by atoms with Gasteiger partial charge >= 0.3 is 5.97 Å². The van der Waals surface area contributed by atoms with Gasteiger partial charge in [0.05, 0.1) is 7.11 Å². The average Bonchev–Trinajstić information content (AvgIpc) is 2.10. The number of ether oxygens (including phenoxy) is 1. The SMILES string of the molecule is COC(=O)CCCC/C=C/C=O. The van der Waals surface area contributed by atoms with Gasteiger partial charge in [0.15, 0.2) is 0 Å². The lowest BCUT2D eigenvalue weighted by Crippen LogP contribution is -1.98. The van der Waals surface area contributed by atoms with E-state index in [4.69, 9.17) is 0 Å². The highest BCUT2D eigenvalue weighted by Gasteiger charge is 1.97. The molecule has 0 spiro atoms. The predicted molar refractivity (Wildman–Crippen MR) is 45.7 cm³/mol. The maximum absolute atomic E-state index is 10.6. The van der Waals surface area contributed by atoms with Gasteiger partial charge < -0.3 is 4.74 Å². The van der Waals surface area contributed by atoms with E-state index in [0.29, 0.717) is 6.42 Å². The fraction of sp³-hybridized carbons (Fsp3) is 0.556. The van der Waals surface area contributed by atoms with Crippen LogP contribution in [0.15, 0.2) is 12.2 Å². The van der Waals surface area contributed by atoms with Gasteiger partial charge in [-0.3, -0.25) is 9.59 Å². The van der Waals surface area contributed by atoms with Crippen molar-refractivity contribution in [3.05, 3.63) is 12.2 Å². The molecule has 0 heterocycles. The Morgan fingerprint density at radius 2 is 2.17 bits per heavy atom. The van der Waals surface area contributed by atoms with Crippen LogP contribution >= 0.6 is 0 Å². The molecule has 0 unspecified atom stereocenters. The molecule has 0 bridgehead atoms. The summed E-state index contributed by atoms with van der Waals surface area (Å²) in [5, 5.41) is 0. The van der Waals surface area contributed by atoms with Crippen LogP contribution < -0.4 is 0 Å². The molecule has 0 atom stereocenters. The Kier molecular flexibility index (Phi) is 7.24. The van der Waals surface area contributed by atoms with Crippen molar-refractivity contribution in [2.45, 2.75) is 25.7 Å². The van der Waals surface area contributed by atoms with Crippen LogP contribution in [0.4, 0.5) is 0 Å². The molecule has 0 rings (SSSR count). The number of aldehydes is 1. The monoisotopic (exact) mass is 170 g/mol. The number of hydrogen-bond donors (Lipinski definition) is 0. The second-order valence-electron chi connectivity index (χ2n) is 2.39. The summed E-state index contributed by atoms with van der Waals surface area (Å²) in [6.45, 7) is 0. The Morgan fingerprint density at radius 3 is 2.75 bits per heavy atom. The molecule has 3 heteroatoms. The molecule has 68 valence electrons. The molecular formula is C9H14O3. The van der Waals surface area contributed by atoms with Crippen molar-refractivity contribution in [2.24, 2.45) is 0 Å². The van der Waals surface area contributed by atoms with Crippen molar-refractivity contribution in [1.82, 2.24) is 0 Å². The molecule has 0 radical (unpaired) electrons. The van der Waals surface area contributed by atoms with Gasteiger partial charge in [0.2, 0.25) is 0 Å². The number of allylic oxidation sites excluding steroid dienone is 2. The number of rotatable bonds is 6. The highest BCUT2D eigenvalue weighted by molar-refractivity contribution is 5.69. The van der Waals surface area contributed by atoms with Gasteiger partial charge in [-0.05, 0) is 25.3 Å². The van der Waals surface area contributed by atoms with Gasteiger partial charge in [0.25, 0.3) is 0 Å². The third kappa shape index (κ3) is 6.99. The number of unbranched alkanes of at least 4 members (excludes halogenated alkanes) is 2. The maximum Gasteiger partial charge on any atom is 0.305 e. The Bertz CT molecular complexity index is 161. The van der Waals surface area contributed by atoms with Crippen molar-refractivity contribution in [3.63, 3.8) is 0 Å². The lowest BCUT2D eigenvalue weighted by molar-refractivity contribution is -0.140. The van der Waals surface area contributed by atoms with Crippen molar-refractivity contribution in [3.8, 4) is 0 Å². The number of hydrogen-bond acceptors (Lipinski definition) is 3. The summed E-state index contributed by atoms with van der Waals surface area (Å²) >= 11 is 0. The third-order valence-corrected chi connectivity index (χ3v) is 1.44. The molecule has 0 saturated heterocycles. The van der Waals surface area contributed by atoms with Gasteiger partial charge in [-0.1, -0.05) is 6.08 Å². The standard InChI is InChI=1S/C9H14O3/c1-12-9(11)7-5-3-2-4-6-8-10/h4,6,8H,2-3,5,7H2,1H3/b6-4+. The first-order valence-electron chi connectivity index (χ1n) is 3.98. The minimum Gasteiger partial charge on any atom is -0.469 e. The highest BCUT2D eigenvalue weighted by atomic mass is 16.5. The van der Waals surface area contributed by atoms with Gasteiger partial charge in [-0.15, -0.1) is 0 Å². The summed E-state index contributed by atoms with van der Waals surface area (Å²) < 4.78 is 4.46. The van der Waals surface area contributed by atoms with E-state index in [0.717, 1.165) is 25.5 Å². The molecule has 0 fully saturated rings. The Labute approximate surface area is 72.4 Å². The van der Waals surface area contributed by atoms with Crippen LogP contribution in [0.5, 0.6) is 0 Å². The molecule has 0 aliphatic carbocycles. The largest absolute Gasteiger partial charge is 0.469 e. The van der Waals surface area contributed by atoms with E-state index in [1.165, 1.54) is 13.2 Å². The first kappa shape index (κ1) is 10.9. The van der Waals surface area contributed by atoms with Crippen LogP contribution in [0.3, 0.4) is 0 Å². The molecule has 12 heavy (non-hydrogen) atoms. The Morgan fingerprint density at radius 1 is 1.42 bits per heavy atom. The zero-order chi connectivity index (χ0) is 9.23. The minimum atomic E-state index is -0.172. The van der Waals surface area contributed by atoms with Crippen molar-refractivity contribution >= 4 is 12.3 Å². The summed E-state index contributed by atoms with van der Waals surface area (Å²) in [5.41, 5.74) is 0. The van der Waals surface area contributed by atoms with Gasteiger partial charge in [-0.25, -0.2) is 0 Å². The second-order valence-corrected chi connectivity index (χ2v) is 2.39. The number of carbonyl (C=O) groups is 2. The lowest BCUT2D eigenvalue weighted by atomic mass is 10.2. The topological polar surface area (TPSA) is 43.4 Å². The van der Waals surface area contributed by atoms with Crippen LogP contribution in [0, 0.1) is 0 Å². The minimum absolute atomic E-state index is 0.172. The summed E-state index contributed by atoms with van der Waals surface area (Å²) in [4.78, 5) is 20.4. The van der Waals surface area contributed by atoms with Crippen molar-refractivity contribution < 1.29 is 14.3 Å². The smallest absolute Gasteiger partial charge is 0.305 e. The number of esters is 1. The summed E-state index contributed by atoms with van der Waals surface area (Å²) in [7, 11) is 1.38. The van der Waals surface area contributed by atoms with Crippen LogP contribution in [-0.4, -0.2) is 19.4 Å². The van der Waals surface area contributed by atoms with E-state index in [9.17, 15) is 9.59 Å². The molecule has 0 aromatic heterocycles. The van der Waals surface area contributed by atoms with E-state index < -0.39 is 0 Å². The molecule has 3 nitrogen and oxygen atoms in total. The zero-order valence-corrected chi connectivity index (χ0v) is 7.29. The molecule has 0 amide bonds. The van der Waals surface area contributed by atoms with E-state index >= 15 is 0 Å². The third-order valence-electron chi connectivity index (χ3n) is 1.44. The summed E-state index contributed by atoms with van der Waals surface area (Å²) in [6.07, 6.45) is 7.05. The maximum atomic E-state index is 10.6. The van der Waals surface area contributed by atoms with Crippen molar-refractivity contribution in [2.75, 3.05) is 7.11 Å². The summed E-state index contributed by atoms with van der Waals surface area (Å²) in [6, 6.07) is 0. The summed E-state index contributed by atoms with van der Waals surface area (Å²) in [5.74, 6) is -0.172. The predicted octanol–water partition coefficient (Wildman–Crippen LogP) is 1.47. The lowest BCUT2D eigenvalue weighted by Gasteiger charge is -1.96. The average molecular weight is 170 g/mol. The van der Waals surface area contributed by atoms with E-state index in [1.807, 2.05) is 0 Å². The molecule has 0 aliphatic heterocycles. The van der Waals surface area contributed by atoms with Crippen LogP contribution in [0.2, 0.25) is 0 Å². The zero-order valence-electron chi connectivity index (χ0n) is 7.29. The van der Waals surface area contributed by atoms with E-state index in [2.05, 4.69) is 4.74 Å². The molecule has 0 aromatic rings. The highest BCUT2D eigenvalue weighted by Crippen LogP contribution is 2.01. The van der Waals surface area contributed by atoms with Crippen LogP contribution in [-0.2, 0) is 14.3 Å². The van der Waals surface area contributed by atoms with Gasteiger partial charge in [0.1, 0.15) is 6.29 Å². The number of methoxy groups -OCH3 is 1. The fourth-order valence-corrected chi connectivity index (χ4v) is 0.785. The first-order chi connectivity index (χ1) is 5.81. The molecule has 0 aliphatic rings. The van der Waals surface area contributed by atoms with Gasteiger partial charge in [0, 0.05) is 6.42 Å². The van der Waals surface area contributed by atoms with Crippen LogP contribution in [0.25, 0.3) is 0 Å². The fourth-order valence-electron chi connectivity index (χ4n) is 0.785. The quantitative estimate of drug-likeness (QED) is 0.262. The first-order valence-corrected chi connectivity index (χ1v) is 3.98. The van der Waals surface area contributed by atoms with E-state index in [-0.39, 0.29) is 5.97 Å². The Hall–Kier alpha value is -1.12. The van der Waals surface area contributed by atoms with E-state index in [1.54, 1.807) is 6.08 Å². The molecule has 0 aromatic carbocycles. The van der Waals surface area contributed by atoms with Crippen LogP contribution in [0.1, 0.15) is 25.7 Å². The van der Waals surface area contributed by atoms with Crippen molar-refractivity contribution in [1.29, 1.82) is 0 Å². The van der Waals surface area contributed by atoms with Gasteiger partial charge in [-0.2, -0.15) is 0 Å². The molecular weight excluding hydrogens is 156 g/mol.